The van der Waals surface area contributed by atoms with Crippen molar-refractivity contribution in [1.82, 2.24) is 40.5 Å². The summed E-state index contributed by atoms with van der Waals surface area (Å²) in [6.07, 6.45) is 10.6. The number of ether oxygens (including phenoxy) is 1. The Hall–Kier alpha value is -5.85. The van der Waals surface area contributed by atoms with Gasteiger partial charge in [0.25, 0.3) is 0 Å². The second-order valence-electron chi connectivity index (χ2n) is 15.7. The van der Waals surface area contributed by atoms with Crippen LogP contribution in [0.5, 0.6) is 0 Å². The van der Waals surface area contributed by atoms with Gasteiger partial charge in [0, 0.05) is 25.2 Å². The number of nitrogens with zero attached hydrogens (tertiary/aromatic N) is 4. The molecule has 2 saturated carbocycles. The van der Waals surface area contributed by atoms with E-state index in [2.05, 4.69) is 79.1 Å². The van der Waals surface area contributed by atoms with Crippen molar-refractivity contribution < 1.29 is 23.5 Å². The number of likely N-dealkylation sites (tertiary alicyclic amines) is 1. The molecule has 1 saturated heterocycles. The number of amides is 3. The summed E-state index contributed by atoms with van der Waals surface area (Å²) in [6.45, 7) is 4.65. The highest BCUT2D eigenvalue weighted by Gasteiger charge is 2.52. The van der Waals surface area contributed by atoms with E-state index in [0.717, 1.165) is 83.6 Å². The Kier molecular flexibility index (Phi) is 10.4. The number of carbonyl (C=O) groups is 3. The van der Waals surface area contributed by atoms with Crippen LogP contribution in [0.15, 0.2) is 79.4 Å². The van der Waals surface area contributed by atoms with Crippen molar-refractivity contribution in [3.8, 4) is 33.6 Å². The lowest BCUT2D eigenvalue weighted by atomic mass is 9.78. The largest absolute Gasteiger partial charge is 0.453 e. The molecule has 8 rings (SSSR count). The second kappa shape index (κ2) is 15.7. The number of nitrogens with one attached hydrogen (secondary N) is 4. The van der Waals surface area contributed by atoms with Gasteiger partial charge in [0.15, 0.2) is 0 Å². The molecule has 0 spiro atoms. The molecule has 2 aliphatic carbocycles. The van der Waals surface area contributed by atoms with Gasteiger partial charge in [0.2, 0.25) is 11.8 Å². The molecule has 0 radical (unpaired) electrons. The van der Waals surface area contributed by atoms with Crippen molar-refractivity contribution in [2.75, 3.05) is 13.7 Å². The van der Waals surface area contributed by atoms with Gasteiger partial charge in [-0.25, -0.2) is 19.2 Å². The summed E-state index contributed by atoms with van der Waals surface area (Å²) >= 11 is 0. The van der Waals surface area contributed by atoms with Gasteiger partial charge >= 0.3 is 6.09 Å². The number of fused-ring (bicyclic) bond motifs is 2. The summed E-state index contributed by atoms with van der Waals surface area (Å²) in [4.78, 5) is 61.2. The molecule has 0 unspecified atom stereocenters. The molecule has 2 bridgehead atoms. The minimum atomic E-state index is -0.685. The predicted octanol–water partition coefficient (Wildman–Crippen LogP) is 7.16. The van der Waals surface area contributed by atoms with E-state index in [9.17, 15) is 18.8 Å². The number of aromatic amines is 2. The first-order chi connectivity index (χ1) is 27.2. The van der Waals surface area contributed by atoms with Crippen molar-refractivity contribution in [3.05, 3.63) is 102 Å². The lowest BCUT2D eigenvalue weighted by molar-refractivity contribution is -0.135. The molecule has 1 aliphatic heterocycles. The molecule has 56 heavy (non-hydrogen) atoms. The van der Waals surface area contributed by atoms with Crippen LogP contribution < -0.4 is 10.6 Å². The molecule has 6 atom stereocenters. The summed E-state index contributed by atoms with van der Waals surface area (Å²) in [5.74, 6) is 1.49. The standard InChI is InChI=1S/C43H47FN8O4/c1-24(2)38(51-43(55)56-3)42(54)52-16-4-5-35(52)39-46-22-33(49-39)28-10-6-26(7-11-28)27-8-12-29(13-9-27)34-23-47-40(50-34)36-30-14-15-31(18-30)37(36)41(53)48-20-25-17-32(44)21-45-19-25/h6-13,17,19,21-24,30-31,35-38H,4-5,14-16,18,20H2,1-3H3,(H,46,49)(H,47,50)(H,48,53)(H,51,55)/t30-,31+,35-,36+,37+,38-/m0/s1. The molecular formula is C43H47FN8O4. The molecule has 2 aromatic carbocycles. The zero-order chi connectivity index (χ0) is 38.9. The lowest BCUT2D eigenvalue weighted by Gasteiger charge is -2.30. The number of halogens is 1. The average Bonchev–Trinajstić information content (AvgIpc) is 4.07. The van der Waals surface area contributed by atoms with Gasteiger partial charge in [0.05, 0.1) is 49.0 Å². The van der Waals surface area contributed by atoms with Crippen molar-refractivity contribution in [2.24, 2.45) is 23.7 Å². The molecule has 5 aromatic rings. The average molecular weight is 759 g/mol. The summed E-state index contributed by atoms with van der Waals surface area (Å²) in [5.41, 5.74) is 6.55. The highest BCUT2D eigenvalue weighted by molar-refractivity contribution is 5.86. The molecule has 3 aromatic heterocycles. The van der Waals surface area contributed by atoms with Gasteiger partial charge in [0.1, 0.15) is 23.5 Å². The Bertz CT molecular complexity index is 2200. The minimum Gasteiger partial charge on any atom is -0.453 e. The minimum absolute atomic E-state index is 0.00802. The maximum absolute atomic E-state index is 13.6. The van der Waals surface area contributed by atoms with Crippen molar-refractivity contribution in [3.63, 3.8) is 0 Å². The Morgan fingerprint density at radius 2 is 1.48 bits per heavy atom. The van der Waals surface area contributed by atoms with E-state index >= 15 is 0 Å². The molecule has 3 fully saturated rings. The predicted molar refractivity (Wildman–Crippen MR) is 208 cm³/mol. The quantitative estimate of drug-likeness (QED) is 0.111. The van der Waals surface area contributed by atoms with Crippen LogP contribution in [-0.4, -0.2) is 67.4 Å². The molecular weight excluding hydrogens is 712 g/mol. The highest BCUT2D eigenvalue weighted by atomic mass is 19.1. The molecule has 4 heterocycles. The Balaban J connectivity index is 0.916. The van der Waals surface area contributed by atoms with Gasteiger partial charge < -0.3 is 30.2 Å². The van der Waals surface area contributed by atoms with Crippen LogP contribution in [0, 0.1) is 29.5 Å². The fraction of sp³-hybridized carbons (Fsp3) is 0.395. The van der Waals surface area contributed by atoms with Crippen molar-refractivity contribution in [1.29, 1.82) is 0 Å². The number of imidazole rings is 2. The molecule has 12 nitrogen and oxygen atoms in total. The van der Waals surface area contributed by atoms with Crippen LogP contribution in [0.4, 0.5) is 9.18 Å². The summed E-state index contributed by atoms with van der Waals surface area (Å²) in [5, 5.41) is 5.73. The van der Waals surface area contributed by atoms with E-state index in [1.165, 1.54) is 13.2 Å². The van der Waals surface area contributed by atoms with Gasteiger partial charge in [-0.15, -0.1) is 0 Å². The number of hydrogen-bond donors (Lipinski definition) is 4. The monoisotopic (exact) mass is 758 g/mol. The van der Waals surface area contributed by atoms with Gasteiger partial charge in [-0.1, -0.05) is 62.4 Å². The molecule has 13 heteroatoms. The van der Waals surface area contributed by atoms with Crippen LogP contribution in [0.3, 0.4) is 0 Å². The van der Waals surface area contributed by atoms with Gasteiger partial charge in [-0.2, -0.15) is 0 Å². The summed E-state index contributed by atoms with van der Waals surface area (Å²) in [6, 6.07) is 17.2. The first-order valence-electron chi connectivity index (χ1n) is 19.5. The van der Waals surface area contributed by atoms with Crippen LogP contribution in [0.25, 0.3) is 33.6 Å². The Morgan fingerprint density at radius 3 is 2.12 bits per heavy atom. The number of H-pyrrole nitrogens is 2. The van der Waals surface area contributed by atoms with Crippen LogP contribution >= 0.6 is 0 Å². The molecule has 290 valence electrons. The third-order valence-corrected chi connectivity index (χ3v) is 11.9. The van der Waals surface area contributed by atoms with E-state index in [-0.39, 0.29) is 42.2 Å². The zero-order valence-corrected chi connectivity index (χ0v) is 31.8. The fourth-order valence-electron chi connectivity index (χ4n) is 9.10. The smallest absolute Gasteiger partial charge is 0.407 e. The third kappa shape index (κ3) is 7.42. The normalized spacial score (nSPS) is 22.0. The van der Waals surface area contributed by atoms with E-state index in [0.29, 0.717) is 23.9 Å². The first-order valence-corrected chi connectivity index (χ1v) is 19.5. The van der Waals surface area contributed by atoms with Gasteiger partial charge in [-0.05, 0) is 83.7 Å². The van der Waals surface area contributed by atoms with E-state index in [1.54, 1.807) is 12.4 Å². The van der Waals surface area contributed by atoms with Crippen molar-refractivity contribution >= 4 is 17.9 Å². The maximum Gasteiger partial charge on any atom is 0.407 e. The van der Waals surface area contributed by atoms with Gasteiger partial charge in [-0.3, -0.25) is 14.6 Å². The molecule has 4 N–H and O–H groups in total. The number of aromatic nitrogens is 5. The van der Waals surface area contributed by atoms with E-state index in [1.807, 2.05) is 24.9 Å². The molecule has 3 aliphatic rings. The first kappa shape index (κ1) is 37.1. The number of hydrogen-bond acceptors (Lipinski definition) is 7. The molecule has 3 amide bonds. The zero-order valence-electron chi connectivity index (χ0n) is 31.8. The highest BCUT2D eigenvalue weighted by Crippen LogP contribution is 2.56. The topological polar surface area (TPSA) is 158 Å². The number of rotatable bonds is 11. The summed E-state index contributed by atoms with van der Waals surface area (Å²) < 4.78 is 18.4. The number of carbonyl (C=O) groups excluding carboxylic acids is 3. The van der Waals surface area contributed by atoms with E-state index in [4.69, 9.17) is 9.72 Å². The van der Waals surface area contributed by atoms with Crippen LogP contribution in [0.1, 0.15) is 75.1 Å². The van der Waals surface area contributed by atoms with Crippen LogP contribution in [0.2, 0.25) is 0 Å². The Morgan fingerprint density at radius 1 is 0.857 bits per heavy atom. The number of pyridine rings is 1. The lowest BCUT2D eigenvalue weighted by Crippen LogP contribution is -2.51. The van der Waals surface area contributed by atoms with Crippen LogP contribution in [-0.2, 0) is 20.9 Å². The number of alkyl carbamates (subject to hydrolysis) is 1. The SMILES string of the molecule is COC(=O)N[C@H](C(=O)N1CCC[C@H]1c1ncc(-c2ccc(-c3ccc(-c4cnc([C@@H]5[C@H]6CC[C@H](C6)[C@H]5C(=O)NCc5cncc(F)c5)[nH]4)cc3)cc2)[nH]1)C(C)C. The maximum atomic E-state index is 13.6. The fourth-order valence-corrected chi connectivity index (χ4v) is 9.10. The third-order valence-electron chi connectivity index (χ3n) is 11.9. The second-order valence-corrected chi connectivity index (χ2v) is 15.7. The Labute approximate surface area is 325 Å². The number of benzene rings is 2. The van der Waals surface area contributed by atoms with Crippen molar-refractivity contribution in [2.45, 2.75) is 70.5 Å². The van der Waals surface area contributed by atoms with E-state index < -0.39 is 18.0 Å². The number of methoxy groups -OCH3 is 1. The summed E-state index contributed by atoms with van der Waals surface area (Å²) in [7, 11) is 1.29.